The highest BCUT2D eigenvalue weighted by atomic mass is 35.5. The minimum Gasteiger partial charge on any atom is -0.324 e. The molecule has 0 aliphatic rings. The van der Waals surface area contributed by atoms with Crippen molar-refractivity contribution in [1.29, 1.82) is 0 Å². The Hall–Kier alpha value is -0.740. The van der Waals surface area contributed by atoms with E-state index in [0.717, 1.165) is 25.3 Å². The highest BCUT2D eigenvalue weighted by molar-refractivity contribution is 5.85. The van der Waals surface area contributed by atoms with Crippen molar-refractivity contribution in [3.8, 4) is 0 Å². The summed E-state index contributed by atoms with van der Waals surface area (Å²) in [7, 11) is 0. The molecule has 1 rings (SSSR count). The molecule has 0 aliphatic carbocycles. The van der Waals surface area contributed by atoms with Gasteiger partial charge in [-0.05, 0) is 12.5 Å². The van der Waals surface area contributed by atoms with Gasteiger partial charge in [-0.2, -0.15) is 0 Å². The summed E-state index contributed by atoms with van der Waals surface area (Å²) in [4.78, 5) is 0. The van der Waals surface area contributed by atoms with E-state index >= 15 is 0 Å². The highest BCUT2D eigenvalue weighted by Gasteiger charge is 2.17. The van der Waals surface area contributed by atoms with Gasteiger partial charge in [-0.3, -0.25) is 0 Å². The van der Waals surface area contributed by atoms with Crippen LogP contribution in [0.25, 0.3) is 0 Å². The Morgan fingerprint density at radius 2 is 1.76 bits per heavy atom. The molecule has 1 aromatic rings. The van der Waals surface area contributed by atoms with Gasteiger partial charge in [-0.1, -0.05) is 32.3 Å². The van der Waals surface area contributed by atoms with Crippen LogP contribution in [0.5, 0.6) is 0 Å². The minimum absolute atomic E-state index is 0. The van der Waals surface area contributed by atoms with E-state index in [4.69, 9.17) is 5.73 Å². The SMILES string of the molecule is CCCCC[C@H](N)c1ccc(F)c(F)c1F.Cl. The largest absolute Gasteiger partial charge is 0.324 e. The van der Waals surface area contributed by atoms with Crippen LogP contribution in [0.4, 0.5) is 13.2 Å². The third-order valence-corrected chi connectivity index (χ3v) is 2.58. The van der Waals surface area contributed by atoms with Gasteiger partial charge in [0.1, 0.15) is 0 Å². The fourth-order valence-corrected chi connectivity index (χ4v) is 1.60. The van der Waals surface area contributed by atoms with Crippen molar-refractivity contribution in [1.82, 2.24) is 0 Å². The average molecular weight is 268 g/mol. The van der Waals surface area contributed by atoms with Crippen molar-refractivity contribution in [2.75, 3.05) is 0 Å². The van der Waals surface area contributed by atoms with Gasteiger partial charge in [-0.15, -0.1) is 12.4 Å². The van der Waals surface area contributed by atoms with E-state index in [9.17, 15) is 13.2 Å². The first-order chi connectivity index (χ1) is 7.57. The predicted octanol–water partition coefficient (Wildman–Crippen LogP) is 4.11. The monoisotopic (exact) mass is 267 g/mol. The van der Waals surface area contributed by atoms with Gasteiger partial charge in [0.2, 0.25) is 0 Å². The van der Waals surface area contributed by atoms with E-state index in [1.807, 2.05) is 6.92 Å². The fourth-order valence-electron chi connectivity index (χ4n) is 1.60. The van der Waals surface area contributed by atoms with Gasteiger partial charge < -0.3 is 5.73 Å². The number of benzene rings is 1. The molecular weight excluding hydrogens is 251 g/mol. The molecule has 0 unspecified atom stereocenters. The van der Waals surface area contributed by atoms with Gasteiger partial charge in [0.15, 0.2) is 17.5 Å². The summed E-state index contributed by atoms with van der Waals surface area (Å²) in [5.41, 5.74) is 5.78. The zero-order valence-corrected chi connectivity index (χ0v) is 10.5. The van der Waals surface area contributed by atoms with E-state index in [-0.39, 0.29) is 18.0 Å². The summed E-state index contributed by atoms with van der Waals surface area (Å²) in [5, 5.41) is 0. The second-order valence-corrected chi connectivity index (χ2v) is 3.87. The van der Waals surface area contributed by atoms with E-state index in [0.29, 0.717) is 6.42 Å². The number of unbranched alkanes of at least 4 members (excludes halogenated alkanes) is 2. The van der Waals surface area contributed by atoms with Crippen LogP contribution in [0.2, 0.25) is 0 Å². The molecule has 0 amide bonds. The first-order valence-electron chi connectivity index (χ1n) is 5.46. The first kappa shape index (κ1) is 16.3. The number of rotatable bonds is 5. The van der Waals surface area contributed by atoms with Gasteiger partial charge in [0.25, 0.3) is 0 Å². The van der Waals surface area contributed by atoms with E-state index in [1.165, 1.54) is 6.07 Å². The van der Waals surface area contributed by atoms with E-state index < -0.39 is 23.5 Å². The van der Waals surface area contributed by atoms with Crippen LogP contribution in [0, 0.1) is 17.5 Å². The van der Waals surface area contributed by atoms with Gasteiger partial charge in [0.05, 0.1) is 0 Å². The van der Waals surface area contributed by atoms with Crippen molar-refractivity contribution < 1.29 is 13.2 Å². The lowest BCUT2D eigenvalue weighted by atomic mass is 10.0. The summed E-state index contributed by atoms with van der Waals surface area (Å²) >= 11 is 0. The maximum absolute atomic E-state index is 13.3. The second-order valence-electron chi connectivity index (χ2n) is 3.87. The Balaban J connectivity index is 0.00000256. The van der Waals surface area contributed by atoms with Gasteiger partial charge >= 0.3 is 0 Å². The molecule has 0 heterocycles. The number of hydrogen-bond donors (Lipinski definition) is 1. The second kappa shape index (κ2) is 7.56. The Kier molecular flexibility index (Phi) is 7.23. The number of halogens is 4. The van der Waals surface area contributed by atoms with Crippen LogP contribution in [0.3, 0.4) is 0 Å². The molecule has 0 fully saturated rings. The Morgan fingerprint density at radius 1 is 1.12 bits per heavy atom. The lowest BCUT2D eigenvalue weighted by molar-refractivity contribution is 0.431. The van der Waals surface area contributed by atoms with Crippen LogP contribution < -0.4 is 5.73 Å². The molecule has 1 aromatic carbocycles. The van der Waals surface area contributed by atoms with Crippen molar-refractivity contribution >= 4 is 12.4 Å². The van der Waals surface area contributed by atoms with Crippen molar-refractivity contribution in [3.05, 3.63) is 35.1 Å². The normalized spacial score (nSPS) is 12.1. The summed E-state index contributed by atoms with van der Waals surface area (Å²) < 4.78 is 38.9. The molecule has 17 heavy (non-hydrogen) atoms. The molecule has 1 nitrogen and oxygen atoms in total. The molecule has 0 saturated carbocycles. The standard InChI is InChI=1S/C12H16F3N.ClH/c1-2-3-4-5-10(16)8-6-7-9(13)12(15)11(8)14;/h6-7,10H,2-5,16H2,1H3;1H/t10-;/m0./s1. The van der Waals surface area contributed by atoms with Crippen molar-refractivity contribution in [2.45, 2.75) is 38.6 Å². The number of hydrogen-bond acceptors (Lipinski definition) is 1. The molecule has 0 spiro atoms. The van der Waals surface area contributed by atoms with Crippen LogP contribution in [0.15, 0.2) is 12.1 Å². The van der Waals surface area contributed by atoms with Crippen molar-refractivity contribution in [3.63, 3.8) is 0 Å². The lowest BCUT2D eigenvalue weighted by Gasteiger charge is -2.13. The predicted molar refractivity (Wildman–Crippen MR) is 64.6 cm³/mol. The summed E-state index contributed by atoms with van der Waals surface area (Å²) in [6, 6.07) is 1.55. The fraction of sp³-hybridized carbons (Fsp3) is 0.500. The third-order valence-electron chi connectivity index (χ3n) is 2.58. The minimum atomic E-state index is -1.44. The summed E-state index contributed by atoms with van der Waals surface area (Å²) in [6.45, 7) is 2.05. The molecular formula is C12H17ClF3N. The molecule has 0 radical (unpaired) electrons. The maximum Gasteiger partial charge on any atom is 0.194 e. The van der Waals surface area contributed by atoms with E-state index in [1.54, 1.807) is 0 Å². The molecule has 2 N–H and O–H groups in total. The molecule has 0 aliphatic heterocycles. The van der Waals surface area contributed by atoms with E-state index in [2.05, 4.69) is 0 Å². The first-order valence-corrected chi connectivity index (χ1v) is 5.46. The molecule has 0 bridgehead atoms. The Labute approximate surface area is 106 Å². The zero-order valence-electron chi connectivity index (χ0n) is 9.68. The van der Waals surface area contributed by atoms with Crippen molar-refractivity contribution in [2.24, 2.45) is 5.73 Å². The van der Waals surface area contributed by atoms with Crippen LogP contribution in [-0.4, -0.2) is 0 Å². The molecule has 0 aromatic heterocycles. The van der Waals surface area contributed by atoms with Crippen LogP contribution in [0.1, 0.15) is 44.2 Å². The summed E-state index contributed by atoms with van der Waals surface area (Å²) in [6.07, 6.45) is 3.47. The molecule has 0 saturated heterocycles. The maximum atomic E-state index is 13.3. The quantitative estimate of drug-likeness (QED) is 0.631. The molecule has 1 atom stereocenters. The van der Waals surface area contributed by atoms with Gasteiger partial charge in [-0.25, -0.2) is 13.2 Å². The topological polar surface area (TPSA) is 26.0 Å². The lowest BCUT2D eigenvalue weighted by Crippen LogP contribution is -2.13. The van der Waals surface area contributed by atoms with Crippen LogP contribution >= 0.6 is 12.4 Å². The van der Waals surface area contributed by atoms with Gasteiger partial charge in [0, 0.05) is 11.6 Å². The smallest absolute Gasteiger partial charge is 0.194 e. The average Bonchev–Trinajstić information content (AvgIpc) is 2.26. The third kappa shape index (κ3) is 4.21. The molecule has 5 heteroatoms. The number of nitrogens with two attached hydrogens (primary N) is 1. The Morgan fingerprint density at radius 3 is 2.35 bits per heavy atom. The molecule has 98 valence electrons. The Bertz CT molecular complexity index is 358. The highest BCUT2D eigenvalue weighted by Crippen LogP contribution is 2.23. The zero-order chi connectivity index (χ0) is 12.1. The summed E-state index contributed by atoms with van der Waals surface area (Å²) in [5.74, 6) is -3.78. The van der Waals surface area contributed by atoms with Crippen LogP contribution in [-0.2, 0) is 0 Å².